The fourth-order valence-electron chi connectivity index (χ4n) is 2.57. The molecule has 0 radical (unpaired) electrons. The lowest BCUT2D eigenvalue weighted by Gasteiger charge is -2.37. The molecule has 0 saturated carbocycles. The highest BCUT2D eigenvalue weighted by atomic mass is 19.1. The Balaban J connectivity index is 2.08. The van der Waals surface area contributed by atoms with Gasteiger partial charge in [0.05, 0.1) is 13.2 Å². The van der Waals surface area contributed by atoms with Crippen LogP contribution in [0.1, 0.15) is 18.4 Å². The first-order valence-electron chi connectivity index (χ1n) is 6.49. The molecule has 0 spiro atoms. The molecule has 1 aromatic rings. The van der Waals surface area contributed by atoms with Gasteiger partial charge in [0.2, 0.25) is 0 Å². The molecule has 2 atom stereocenters. The van der Waals surface area contributed by atoms with Crippen molar-refractivity contribution in [3.63, 3.8) is 0 Å². The van der Waals surface area contributed by atoms with Gasteiger partial charge in [-0.05, 0) is 23.6 Å². The molecule has 1 fully saturated rings. The predicted molar refractivity (Wildman–Crippen MR) is 70.0 cm³/mol. The van der Waals surface area contributed by atoms with Crippen molar-refractivity contribution in [2.24, 2.45) is 5.73 Å². The third-order valence-electron chi connectivity index (χ3n) is 3.73. The molecule has 4 heteroatoms. The number of nitrogens with zero attached hydrogens (tertiary/aromatic N) is 1. The van der Waals surface area contributed by atoms with E-state index in [0.29, 0.717) is 18.5 Å². The summed E-state index contributed by atoms with van der Waals surface area (Å²) in [6.45, 7) is 6.15. The quantitative estimate of drug-likeness (QED) is 0.884. The Kier molecular flexibility index (Phi) is 4.69. The molecule has 100 valence electrons. The fraction of sp³-hybridized carbons (Fsp3) is 0.571. The van der Waals surface area contributed by atoms with Gasteiger partial charge in [-0.3, -0.25) is 4.90 Å². The molecule has 0 aliphatic carbocycles. The molecular weight excluding hydrogens is 231 g/mol. The van der Waals surface area contributed by atoms with Gasteiger partial charge in [0.25, 0.3) is 0 Å². The molecule has 2 unspecified atom stereocenters. The fourth-order valence-corrected chi connectivity index (χ4v) is 2.57. The number of benzene rings is 1. The van der Waals surface area contributed by atoms with E-state index in [1.165, 1.54) is 12.1 Å². The van der Waals surface area contributed by atoms with Gasteiger partial charge in [-0.1, -0.05) is 19.1 Å². The molecule has 1 aliphatic heterocycles. The highest BCUT2D eigenvalue weighted by Crippen LogP contribution is 2.23. The smallest absolute Gasteiger partial charge is 0.123 e. The lowest BCUT2D eigenvalue weighted by Crippen LogP contribution is -2.49. The maximum atomic E-state index is 12.9. The van der Waals surface area contributed by atoms with Crippen LogP contribution in [0.4, 0.5) is 4.39 Å². The lowest BCUT2D eigenvalue weighted by molar-refractivity contribution is 0.0136. The zero-order valence-electron chi connectivity index (χ0n) is 10.8. The molecule has 1 aliphatic rings. The van der Waals surface area contributed by atoms with Crippen LogP contribution in [-0.4, -0.2) is 43.8 Å². The van der Waals surface area contributed by atoms with Crippen molar-refractivity contribution in [2.45, 2.75) is 18.9 Å². The van der Waals surface area contributed by atoms with Crippen molar-refractivity contribution >= 4 is 0 Å². The second-order valence-corrected chi connectivity index (χ2v) is 4.79. The van der Waals surface area contributed by atoms with E-state index in [2.05, 4.69) is 11.8 Å². The summed E-state index contributed by atoms with van der Waals surface area (Å²) < 4.78 is 18.3. The van der Waals surface area contributed by atoms with Crippen LogP contribution in [0, 0.1) is 5.82 Å². The van der Waals surface area contributed by atoms with Gasteiger partial charge in [0.1, 0.15) is 5.82 Å². The normalized spacial score (nSPS) is 20.6. The summed E-state index contributed by atoms with van der Waals surface area (Å²) in [5, 5.41) is 0. The zero-order valence-corrected chi connectivity index (χ0v) is 10.8. The standard InChI is InChI=1S/C14H21FN2O/c1-11(12-2-4-13(15)5-3-12)14(10-16)17-6-8-18-9-7-17/h2-5,11,14H,6-10,16H2,1H3. The highest BCUT2D eigenvalue weighted by Gasteiger charge is 2.25. The Bertz CT molecular complexity index is 363. The molecule has 0 amide bonds. The molecular formula is C14H21FN2O. The number of halogens is 1. The Morgan fingerprint density at radius 2 is 1.89 bits per heavy atom. The highest BCUT2D eigenvalue weighted by molar-refractivity contribution is 5.21. The van der Waals surface area contributed by atoms with Crippen molar-refractivity contribution in [3.05, 3.63) is 35.6 Å². The minimum absolute atomic E-state index is 0.193. The summed E-state index contributed by atoms with van der Waals surface area (Å²) in [7, 11) is 0. The summed E-state index contributed by atoms with van der Waals surface area (Å²) in [4.78, 5) is 2.37. The number of nitrogens with two attached hydrogens (primary N) is 1. The summed E-state index contributed by atoms with van der Waals surface area (Å²) in [5.41, 5.74) is 7.05. The Hall–Kier alpha value is -0.970. The van der Waals surface area contributed by atoms with Crippen molar-refractivity contribution in [3.8, 4) is 0 Å². The average Bonchev–Trinajstić information content (AvgIpc) is 2.41. The summed E-state index contributed by atoms with van der Waals surface area (Å²) in [6.07, 6.45) is 0. The van der Waals surface area contributed by atoms with Crippen LogP contribution >= 0.6 is 0 Å². The van der Waals surface area contributed by atoms with Gasteiger partial charge in [0, 0.05) is 25.7 Å². The van der Waals surface area contributed by atoms with Crippen LogP contribution in [0.2, 0.25) is 0 Å². The van der Waals surface area contributed by atoms with Gasteiger partial charge in [-0.2, -0.15) is 0 Å². The number of morpholine rings is 1. The molecule has 1 heterocycles. The van der Waals surface area contributed by atoms with E-state index in [-0.39, 0.29) is 5.82 Å². The van der Waals surface area contributed by atoms with Crippen LogP contribution < -0.4 is 5.73 Å². The number of hydrogen-bond acceptors (Lipinski definition) is 3. The van der Waals surface area contributed by atoms with Gasteiger partial charge in [-0.15, -0.1) is 0 Å². The van der Waals surface area contributed by atoms with Crippen LogP contribution in [0.15, 0.2) is 24.3 Å². The van der Waals surface area contributed by atoms with Crippen LogP contribution in [0.3, 0.4) is 0 Å². The Morgan fingerprint density at radius 1 is 1.28 bits per heavy atom. The van der Waals surface area contributed by atoms with E-state index in [4.69, 9.17) is 10.5 Å². The molecule has 2 rings (SSSR count). The van der Waals surface area contributed by atoms with Gasteiger partial charge in [-0.25, -0.2) is 4.39 Å². The van der Waals surface area contributed by atoms with E-state index in [1.54, 1.807) is 0 Å². The number of ether oxygens (including phenoxy) is 1. The van der Waals surface area contributed by atoms with E-state index in [1.807, 2.05) is 12.1 Å². The second kappa shape index (κ2) is 6.27. The molecule has 2 N–H and O–H groups in total. The number of hydrogen-bond donors (Lipinski definition) is 1. The van der Waals surface area contributed by atoms with Crippen molar-refractivity contribution in [2.75, 3.05) is 32.8 Å². The van der Waals surface area contributed by atoms with E-state index in [0.717, 1.165) is 31.9 Å². The van der Waals surface area contributed by atoms with Gasteiger partial charge >= 0.3 is 0 Å². The minimum Gasteiger partial charge on any atom is -0.379 e. The van der Waals surface area contributed by atoms with E-state index >= 15 is 0 Å². The van der Waals surface area contributed by atoms with Crippen LogP contribution in [0.25, 0.3) is 0 Å². The minimum atomic E-state index is -0.193. The molecule has 0 bridgehead atoms. The number of rotatable bonds is 4. The summed E-state index contributed by atoms with van der Waals surface area (Å²) >= 11 is 0. The SMILES string of the molecule is CC(c1ccc(F)cc1)C(CN)N1CCOCC1. The zero-order chi connectivity index (χ0) is 13.0. The van der Waals surface area contributed by atoms with Crippen molar-refractivity contribution in [1.82, 2.24) is 4.90 Å². The first-order chi connectivity index (χ1) is 8.72. The maximum Gasteiger partial charge on any atom is 0.123 e. The van der Waals surface area contributed by atoms with Crippen LogP contribution in [-0.2, 0) is 4.74 Å². The molecule has 1 saturated heterocycles. The van der Waals surface area contributed by atoms with E-state index < -0.39 is 0 Å². The molecule has 0 aromatic heterocycles. The third-order valence-corrected chi connectivity index (χ3v) is 3.73. The summed E-state index contributed by atoms with van der Waals surface area (Å²) in [6, 6.07) is 7.02. The Labute approximate surface area is 108 Å². The van der Waals surface area contributed by atoms with E-state index in [9.17, 15) is 4.39 Å². The lowest BCUT2D eigenvalue weighted by atomic mass is 9.92. The Morgan fingerprint density at radius 3 is 2.44 bits per heavy atom. The van der Waals surface area contributed by atoms with Crippen molar-refractivity contribution < 1.29 is 9.13 Å². The molecule has 1 aromatic carbocycles. The first kappa shape index (κ1) is 13.5. The first-order valence-corrected chi connectivity index (χ1v) is 6.49. The van der Waals surface area contributed by atoms with Gasteiger partial charge < -0.3 is 10.5 Å². The van der Waals surface area contributed by atoms with Gasteiger partial charge in [0.15, 0.2) is 0 Å². The topological polar surface area (TPSA) is 38.5 Å². The summed E-state index contributed by atoms with van der Waals surface area (Å²) in [5.74, 6) is 0.107. The largest absolute Gasteiger partial charge is 0.379 e. The predicted octanol–water partition coefficient (Wildman–Crippen LogP) is 1.59. The maximum absolute atomic E-state index is 12.9. The second-order valence-electron chi connectivity index (χ2n) is 4.79. The van der Waals surface area contributed by atoms with Crippen LogP contribution in [0.5, 0.6) is 0 Å². The van der Waals surface area contributed by atoms with Crippen molar-refractivity contribution in [1.29, 1.82) is 0 Å². The molecule has 18 heavy (non-hydrogen) atoms. The monoisotopic (exact) mass is 252 g/mol. The average molecular weight is 252 g/mol. The molecule has 3 nitrogen and oxygen atoms in total. The third kappa shape index (κ3) is 3.07.